The second-order valence-corrected chi connectivity index (χ2v) is 5.65. The van der Waals surface area contributed by atoms with E-state index < -0.39 is 23.6 Å². The molecule has 0 saturated heterocycles. The van der Waals surface area contributed by atoms with Crippen LogP contribution >= 0.6 is 0 Å². The number of carbonyl (C=O) groups excluding carboxylic acids is 1. The fourth-order valence-corrected chi connectivity index (χ4v) is 3.07. The molecule has 108 valence electrons. The number of hydrogen-bond donors (Lipinski definition) is 4. The summed E-state index contributed by atoms with van der Waals surface area (Å²) in [5.74, 6) is -0.968. The summed E-state index contributed by atoms with van der Waals surface area (Å²) in [5, 5.41) is 24.4. The van der Waals surface area contributed by atoms with Crippen molar-refractivity contribution in [2.45, 2.75) is 69.1 Å². The number of carboxylic acid groups (broad SMARTS) is 1. The van der Waals surface area contributed by atoms with Crippen LogP contribution in [0.3, 0.4) is 0 Å². The molecule has 0 heterocycles. The van der Waals surface area contributed by atoms with Crippen molar-refractivity contribution < 1.29 is 19.8 Å². The van der Waals surface area contributed by atoms with Crippen LogP contribution in [0.15, 0.2) is 0 Å². The molecule has 2 amide bonds. The van der Waals surface area contributed by atoms with Gasteiger partial charge in [-0.3, -0.25) is 0 Å². The van der Waals surface area contributed by atoms with E-state index >= 15 is 0 Å². The van der Waals surface area contributed by atoms with Crippen LogP contribution in [-0.2, 0) is 4.79 Å². The van der Waals surface area contributed by atoms with E-state index in [4.69, 9.17) is 0 Å². The predicted octanol–water partition coefficient (Wildman–Crippen LogP) is 0.986. The van der Waals surface area contributed by atoms with Crippen molar-refractivity contribution in [1.82, 2.24) is 10.6 Å². The summed E-state index contributed by atoms with van der Waals surface area (Å²) in [6, 6.07) is -0.740. The molecule has 19 heavy (non-hydrogen) atoms. The van der Waals surface area contributed by atoms with Gasteiger partial charge in [0, 0.05) is 0 Å². The Morgan fingerprint density at radius 1 is 1.05 bits per heavy atom. The first-order valence-corrected chi connectivity index (χ1v) is 7.04. The number of urea groups is 1. The molecule has 0 aliphatic heterocycles. The van der Waals surface area contributed by atoms with Crippen LogP contribution in [0.5, 0.6) is 0 Å². The van der Waals surface area contributed by atoms with Crippen LogP contribution in [0.1, 0.15) is 51.4 Å². The Kier molecular flexibility index (Phi) is 4.29. The number of amides is 2. The molecule has 2 aliphatic rings. The van der Waals surface area contributed by atoms with Crippen molar-refractivity contribution in [2.75, 3.05) is 0 Å². The van der Waals surface area contributed by atoms with Gasteiger partial charge in [-0.2, -0.15) is 0 Å². The molecule has 2 rings (SSSR count). The zero-order valence-corrected chi connectivity index (χ0v) is 11.0. The molecule has 2 fully saturated rings. The lowest BCUT2D eigenvalue weighted by atomic mass is 9.92. The molecule has 0 bridgehead atoms. The van der Waals surface area contributed by atoms with Crippen molar-refractivity contribution in [1.29, 1.82) is 0 Å². The fourth-order valence-electron chi connectivity index (χ4n) is 3.07. The summed E-state index contributed by atoms with van der Waals surface area (Å²) in [6.45, 7) is 0. The Hall–Kier alpha value is -1.30. The Labute approximate surface area is 112 Å². The third kappa shape index (κ3) is 3.18. The standard InChI is InChI=1S/C13H22N2O4/c16-10-6-2-1-5-9(10)14-12(19)15-13(11(17)18)7-3-4-8-13/h9-10,16H,1-8H2,(H,17,18)(H2,14,15,19). The monoisotopic (exact) mass is 270 g/mol. The molecule has 0 radical (unpaired) electrons. The van der Waals surface area contributed by atoms with E-state index in [1.165, 1.54) is 0 Å². The highest BCUT2D eigenvalue weighted by Gasteiger charge is 2.43. The Morgan fingerprint density at radius 2 is 1.68 bits per heavy atom. The largest absolute Gasteiger partial charge is 0.480 e. The van der Waals surface area contributed by atoms with Gasteiger partial charge in [-0.05, 0) is 25.7 Å². The van der Waals surface area contributed by atoms with Crippen LogP contribution in [0.25, 0.3) is 0 Å². The highest BCUT2D eigenvalue weighted by Crippen LogP contribution is 2.30. The maximum Gasteiger partial charge on any atom is 0.329 e. The number of carboxylic acids is 1. The lowest BCUT2D eigenvalue weighted by Crippen LogP contribution is -2.58. The minimum Gasteiger partial charge on any atom is -0.480 e. The van der Waals surface area contributed by atoms with Crippen LogP contribution in [0.4, 0.5) is 4.79 Å². The van der Waals surface area contributed by atoms with E-state index in [0.29, 0.717) is 19.3 Å². The summed E-state index contributed by atoms with van der Waals surface area (Å²) in [4.78, 5) is 23.2. The number of rotatable bonds is 3. The van der Waals surface area contributed by atoms with Gasteiger partial charge in [0.1, 0.15) is 5.54 Å². The first-order chi connectivity index (χ1) is 9.03. The molecule has 6 heteroatoms. The molecule has 2 unspecified atom stereocenters. The first-order valence-electron chi connectivity index (χ1n) is 7.04. The average Bonchev–Trinajstić information content (AvgIpc) is 2.82. The van der Waals surface area contributed by atoms with Gasteiger partial charge in [0.05, 0.1) is 12.1 Å². The Balaban J connectivity index is 1.91. The first kappa shape index (κ1) is 14.1. The summed E-state index contributed by atoms with van der Waals surface area (Å²) >= 11 is 0. The summed E-state index contributed by atoms with van der Waals surface area (Å²) in [6.07, 6.45) is 5.45. The topological polar surface area (TPSA) is 98.7 Å². The zero-order valence-electron chi connectivity index (χ0n) is 11.0. The van der Waals surface area contributed by atoms with Gasteiger partial charge in [-0.1, -0.05) is 25.7 Å². The lowest BCUT2D eigenvalue weighted by Gasteiger charge is -2.31. The highest BCUT2D eigenvalue weighted by molar-refractivity contribution is 5.86. The van der Waals surface area contributed by atoms with Gasteiger partial charge < -0.3 is 20.8 Å². The summed E-state index contributed by atoms with van der Waals surface area (Å²) in [7, 11) is 0. The normalized spacial score (nSPS) is 29.7. The quantitative estimate of drug-likeness (QED) is 0.614. The minimum absolute atomic E-state index is 0.263. The Bertz CT molecular complexity index is 353. The van der Waals surface area contributed by atoms with Crippen molar-refractivity contribution in [3.8, 4) is 0 Å². The average molecular weight is 270 g/mol. The van der Waals surface area contributed by atoms with E-state index in [1.807, 2.05) is 0 Å². The van der Waals surface area contributed by atoms with E-state index in [2.05, 4.69) is 10.6 Å². The molecule has 0 aromatic heterocycles. The van der Waals surface area contributed by atoms with Crippen LogP contribution in [-0.4, -0.2) is 39.9 Å². The highest BCUT2D eigenvalue weighted by atomic mass is 16.4. The number of aliphatic hydroxyl groups excluding tert-OH is 1. The van der Waals surface area contributed by atoms with Gasteiger partial charge in [-0.25, -0.2) is 9.59 Å². The maximum atomic E-state index is 11.9. The van der Waals surface area contributed by atoms with Gasteiger partial charge in [-0.15, -0.1) is 0 Å². The van der Waals surface area contributed by atoms with Crippen LogP contribution < -0.4 is 10.6 Å². The molecule has 4 N–H and O–H groups in total. The van der Waals surface area contributed by atoms with Crippen molar-refractivity contribution in [3.63, 3.8) is 0 Å². The number of aliphatic carboxylic acids is 1. The SMILES string of the molecule is O=C(NC1CCCCC1O)NC1(C(=O)O)CCCC1. The van der Waals surface area contributed by atoms with Crippen molar-refractivity contribution in [3.05, 3.63) is 0 Å². The van der Waals surface area contributed by atoms with E-state index in [9.17, 15) is 19.8 Å². The minimum atomic E-state index is -1.12. The van der Waals surface area contributed by atoms with E-state index in [0.717, 1.165) is 32.1 Å². The molecule has 6 nitrogen and oxygen atoms in total. The predicted molar refractivity (Wildman–Crippen MR) is 68.8 cm³/mol. The molecule has 2 saturated carbocycles. The maximum absolute atomic E-state index is 11.9. The van der Waals surface area contributed by atoms with Gasteiger partial charge in [0.2, 0.25) is 0 Å². The third-order valence-corrected chi connectivity index (χ3v) is 4.27. The number of nitrogens with one attached hydrogen (secondary N) is 2. The van der Waals surface area contributed by atoms with Gasteiger partial charge in [0.15, 0.2) is 0 Å². The fraction of sp³-hybridized carbons (Fsp3) is 0.846. The van der Waals surface area contributed by atoms with E-state index in [-0.39, 0.29) is 6.04 Å². The molecule has 2 aliphatic carbocycles. The van der Waals surface area contributed by atoms with Crippen LogP contribution in [0.2, 0.25) is 0 Å². The van der Waals surface area contributed by atoms with Crippen molar-refractivity contribution in [2.24, 2.45) is 0 Å². The lowest BCUT2D eigenvalue weighted by molar-refractivity contribution is -0.144. The number of hydrogen-bond acceptors (Lipinski definition) is 3. The smallest absolute Gasteiger partial charge is 0.329 e. The number of carbonyl (C=O) groups is 2. The summed E-state index contributed by atoms with van der Waals surface area (Å²) < 4.78 is 0. The molecule has 0 aromatic rings. The second kappa shape index (κ2) is 5.77. The number of aliphatic hydroxyl groups is 1. The van der Waals surface area contributed by atoms with Crippen LogP contribution in [0, 0.1) is 0 Å². The summed E-state index contributed by atoms with van der Waals surface area (Å²) in [5.41, 5.74) is -1.12. The van der Waals surface area contributed by atoms with Crippen molar-refractivity contribution >= 4 is 12.0 Å². The molecule has 0 aromatic carbocycles. The van der Waals surface area contributed by atoms with Gasteiger partial charge >= 0.3 is 12.0 Å². The van der Waals surface area contributed by atoms with E-state index in [1.54, 1.807) is 0 Å². The van der Waals surface area contributed by atoms with Gasteiger partial charge in [0.25, 0.3) is 0 Å². The second-order valence-electron chi connectivity index (χ2n) is 5.65. The Morgan fingerprint density at radius 3 is 2.26 bits per heavy atom. The zero-order chi connectivity index (χ0) is 13.9. The molecular formula is C13H22N2O4. The third-order valence-electron chi connectivity index (χ3n) is 4.27. The molecular weight excluding hydrogens is 248 g/mol. The molecule has 0 spiro atoms. The molecule has 2 atom stereocenters.